The molecule has 0 aliphatic heterocycles. The molecule has 0 unspecified atom stereocenters. The number of nitrogen functional groups attached to an aromatic ring is 2. The quantitative estimate of drug-likeness (QED) is 0.660. The summed E-state index contributed by atoms with van der Waals surface area (Å²) >= 11 is 0. The van der Waals surface area contributed by atoms with Gasteiger partial charge in [0.05, 0.1) is 5.52 Å². The lowest BCUT2D eigenvalue weighted by Gasteiger charge is -2.10. The lowest BCUT2D eigenvalue weighted by Crippen LogP contribution is -2.02. The first-order valence-electron chi connectivity index (χ1n) is 6.74. The summed E-state index contributed by atoms with van der Waals surface area (Å²) in [6.45, 7) is 0. The van der Waals surface area contributed by atoms with Crippen LogP contribution in [0.4, 0.5) is 11.5 Å². The van der Waals surface area contributed by atoms with Crippen LogP contribution in [0.25, 0.3) is 16.7 Å². The van der Waals surface area contributed by atoms with Crippen molar-refractivity contribution < 1.29 is 0 Å². The summed E-state index contributed by atoms with van der Waals surface area (Å²) < 4.78 is 2.19. The normalized spacial score (nSPS) is 13.8. The van der Waals surface area contributed by atoms with Crippen LogP contribution >= 0.6 is 0 Å². The van der Waals surface area contributed by atoms with Crippen molar-refractivity contribution in [1.29, 1.82) is 0 Å². The van der Waals surface area contributed by atoms with Gasteiger partial charge in [0, 0.05) is 17.1 Å². The van der Waals surface area contributed by atoms with E-state index in [4.69, 9.17) is 11.5 Å². The largest absolute Gasteiger partial charge is 0.399 e. The van der Waals surface area contributed by atoms with E-state index in [0.717, 1.165) is 35.2 Å². The van der Waals surface area contributed by atoms with Crippen LogP contribution in [0.2, 0.25) is 0 Å². The van der Waals surface area contributed by atoms with Crippen LogP contribution in [0.3, 0.4) is 0 Å². The van der Waals surface area contributed by atoms with Crippen molar-refractivity contribution in [2.45, 2.75) is 19.3 Å². The molecule has 5 nitrogen and oxygen atoms in total. The molecule has 4 rings (SSSR count). The highest BCUT2D eigenvalue weighted by Crippen LogP contribution is 2.36. The molecule has 5 heteroatoms. The number of benzene rings is 1. The summed E-state index contributed by atoms with van der Waals surface area (Å²) in [4.78, 5) is 8.59. The van der Waals surface area contributed by atoms with Crippen LogP contribution in [0.5, 0.6) is 0 Å². The Morgan fingerprint density at radius 1 is 1.00 bits per heavy atom. The first-order valence-corrected chi connectivity index (χ1v) is 6.74. The summed E-state index contributed by atoms with van der Waals surface area (Å²) in [7, 11) is 0. The molecule has 0 spiro atoms. The van der Waals surface area contributed by atoms with Crippen molar-refractivity contribution in [3.63, 3.8) is 0 Å². The molecule has 0 bridgehead atoms. The van der Waals surface area contributed by atoms with Gasteiger partial charge in [-0.25, -0.2) is 9.97 Å². The first-order chi connectivity index (χ1) is 9.75. The second-order valence-corrected chi connectivity index (χ2v) is 5.16. The number of aryl methyl sites for hydroxylation is 1. The molecule has 3 aromatic rings. The Hall–Kier alpha value is -2.56. The molecule has 2 heterocycles. The number of nitrogens with zero attached hydrogens (tertiary/aromatic N) is 3. The average molecular weight is 265 g/mol. The van der Waals surface area contributed by atoms with Gasteiger partial charge in [-0.15, -0.1) is 0 Å². The number of nitrogens with two attached hydrogens (primary N) is 2. The number of rotatable bonds is 1. The Kier molecular flexibility index (Phi) is 2.24. The van der Waals surface area contributed by atoms with E-state index in [1.807, 2.05) is 24.3 Å². The second kappa shape index (κ2) is 3.96. The van der Waals surface area contributed by atoms with Gasteiger partial charge < -0.3 is 16.0 Å². The molecule has 2 aromatic heterocycles. The van der Waals surface area contributed by atoms with E-state index in [9.17, 15) is 0 Å². The molecule has 4 N–H and O–H groups in total. The van der Waals surface area contributed by atoms with Crippen molar-refractivity contribution in [3.8, 4) is 5.69 Å². The molecule has 1 aliphatic carbocycles. The minimum absolute atomic E-state index is 0.529. The molecule has 1 aromatic carbocycles. The van der Waals surface area contributed by atoms with E-state index >= 15 is 0 Å². The zero-order chi connectivity index (χ0) is 13.7. The van der Waals surface area contributed by atoms with E-state index in [1.54, 1.807) is 6.33 Å². The molecule has 0 fully saturated rings. The lowest BCUT2D eigenvalue weighted by molar-refractivity contribution is 0.872. The standard InChI is InChI=1S/C15H15N5/c16-9-4-6-10(7-5-9)20-12-3-1-2-11(12)13-14(20)15(17)19-8-18-13/h4-8H,1-3,16H2,(H2,17,18,19). The Morgan fingerprint density at radius 3 is 2.60 bits per heavy atom. The van der Waals surface area contributed by atoms with Crippen LogP contribution in [-0.2, 0) is 12.8 Å². The van der Waals surface area contributed by atoms with Gasteiger partial charge in [-0.2, -0.15) is 0 Å². The number of anilines is 2. The second-order valence-electron chi connectivity index (χ2n) is 5.16. The van der Waals surface area contributed by atoms with Crippen molar-refractivity contribution in [1.82, 2.24) is 14.5 Å². The van der Waals surface area contributed by atoms with Gasteiger partial charge in [-0.05, 0) is 49.1 Å². The van der Waals surface area contributed by atoms with E-state index in [2.05, 4.69) is 14.5 Å². The molecular formula is C15H15N5. The zero-order valence-electron chi connectivity index (χ0n) is 11.0. The van der Waals surface area contributed by atoms with Gasteiger partial charge in [0.25, 0.3) is 0 Å². The monoisotopic (exact) mass is 265 g/mol. The van der Waals surface area contributed by atoms with E-state index in [0.29, 0.717) is 5.82 Å². The van der Waals surface area contributed by atoms with E-state index < -0.39 is 0 Å². The highest BCUT2D eigenvalue weighted by Gasteiger charge is 2.24. The van der Waals surface area contributed by atoms with Crippen molar-refractivity contribution >= 4 is 22.5 Å². The fourth-order valence-electron chi connectivity index (χ4n) is 3.11. The van der Waals surface area contributed by atoms with Gasteiger partial charge in [0.15, 0.2) is 5.82 Å². The molecule has 20 heavy (non-hydrogen) atoms. The summed E-state index contributed by atoms with van der Waals surface area (Å²) in [6.07, 6.45) is 4.82. The molecule has 100 valence electrons. The fraction of sp³-hybridized carbons (Fsp3) is 0.200. The minimum Gasteiger partial charge on any atom is -0.399 e. The fourth-order valence-corrected chi connectivity index (χ4v) is 3.11. The van der Waals surface area contributed by atoms with Crippen LogP contribution in [0.1, 0.15) is 17.7 Å². The summed E-state index contributed by atoms with van der Waals surface area (Å²) in [6, 6.07) is 7.84. The summed E-state index contributed by atoms with van der Waals surface area (Å²) in [5.74, 6) is 0.529. The predicted octanol–water partition coefficient (Wildman–Crippen LogP) is 2.07. The third-order valence-electron chi connectivity index (χ3n) is 3.97. The topological polar surface area (TPSA) is 82.8 Å². The van der Waals surface area contributed by atoms with Crippen LogP contribution in [0.15, 0.2) is 30.6 Å². The zero-order valence-corrected chi connectivity index (χ0v) is 11.0. The highest BCUT2D eigenvalue weighted by atomic mass is 15.1. The van der Waals surface area contributed by atoms with Gasteiger partial charge in [-0.3, -0.25) is 0 Å². The van der Waals surface area contributed by atoms with Crippen LogP contribution < -0.4 is 11.5 Å². The van der Waals surface area contributed by atoms with Gasteiger partial charge in [0.2, 0.25) is 0 Å². The molecule has 0 saturated carbocycles. The van der Waals surface area contributed by atoms with Crippen molar-refractivity contribution in [2.24, 2.45) is 0 Å². The van der Waals surface area contributed by atoms with Crippen molar-refractivity contribution in [2.75, 3.05) is 11.5 Å². The Balaban J connectivity index is 2.10. The Morgan fingerprint density at radius 2 is 1.80 bits per heavy atom. The molecule has 0 atom stereocenters. The third-order valence-corrected chi connectivity index (χ3v) is 3.97. The Bertz CT molecular complexity index is 801. The van der Waals surface area contributed by atoms with Crippen molar-refractivity contribution in [3.05, 3.63) is 41.9 Å². The summed E-state index contributed by atoms with van der Waals surface area (Å²) in [5, 5.41) is 0. The maximum absolute atomic E-state index is 6.09. The molecule has 0 radical (unpaired) electrons. The predicted molar refractivity (Wildman–Crippen MR) is 79.7 cm³/mol. The van der Waals surface area contributed by atoms with E-state index in [1.165, 1.54) is 17.7 Å². The number of fused-ring (bicyclic) bond motifs is 3. The average Bonchev–Trinajstić information content (AvgIpc) is 3.01. The van der Waals surface area contributed by atoms with Gasteiger partial charge in [0.1, 0.15) is 11.8 Å². The number of hydrogen-bond acceptors (Lipinski definition) is 4. The third kappa shape index (κ3) is 1.43. The Labute approximate surface area is 116 Å². The maximum atomic E-state index is 6.09. The minimum atomic E-state index is 0.529. The van der Waals surface area contributed by atoms with E-state index in [-0.39, 0.29) is 0 Å². The van der Waals surface area contributed by atoms with Crippen LogP contribution in [0, 0.1) is 0 Å². The first kappa shape index (κ1) is 11.3. The molecular weight excluding hydrogens is 250 g/mol. The SMILES string of the molecule is Nc1ccc(-n2c3c(c4ncnc(N)c42)CCC3)cc1. The lowest BCUT2D eigenvalue weighted by atomic mass is 10.2. The van der Waals surface area contributed by atoms with Crippen LogP contribution in [-0.4, -0.2) is 14.5 Å². The number of aromatic nitrogens is 3. The molecule has 0 saturated heterocycles. The molecule has 1 aliphatic rings. The van der Waals surface area contributed by atoms with Gasteiger partial charge >= 0.3 is 0 Å². The maximum Gasteiger partial charge on any atom is 0.151 e. The highest BCUT2D eigenvalue weighted by molar-refractivity contribution is 5.91. The summed E-state index contributed by atoms with van der Waals surface area (Å²) in [5.41, 5.74) is 18.2. The smallest absolute Gasteiger partial charge is 0.151 e. The number of hydrogen-bond donors (Lipinski definition) is 2. The van der Waals surface area contributed by atoms with Gasteiger partial charge in [-0.1, -0.05) is 0 Å². The molecule has 0 amide bonds.